The first-order chi connectivity index (χ1) is 8.29. The molecule has 8 heteroatoms. The Hall–Kier alpha value is -1.47. The van der Waals surface area contributed by atoms with Crippen LogP contribution in [0.5, 0.6) is 0 Å². The first kappa shape index (κ1) is 14.6. The first-order valence-electron chi connectivity index (χ1n) is 5.62. The van der Waals surface area contributed by atoms with E-state index in [2.05, 4.69) is 5.32 Å². The van der Waals surface area contributed by atoms with E-state index < -0.39 is 30.5 Å². The van der Waals surface area contributed by atoms with Crippen LogP contribution in [0.25, 0.3) is 0 Å². The lowest BCUT2D eigenvalue weighted by Crippen LogP contribution is -2.56. The first-order valence-corrected chi connectivity index (χ1v) is 5.62. The predicted molar refractivity (Wildman–Crippen MR) is 56.0 cm³/mol. The Labute approximate surface area is 102 Å². The number of urea groups is 1. The number of hydrogen-bond acceptors (Lipinski definition) is 2. The molecule has 0 spiro atoms. The summed E-state index contributed by atoms with van der Waals surface area (Å²) in [6.45, 7) is 0.483. The van der Waals surface area contributed by atoms with Gasteiger partial charge in [0.15, 0.2) is 0 Å². The predicted octanol–water partition coefficient (Wildman–Crippen LogP) is 1.44. The van der Waals surface area contributed by atoms with Gasteiger partial charge in [0.2, 0.25) is 0 Å². The molecule has 1 saturated heterocycles. The molecule has 0 radical (unpaired) electrons. The zero-order chi connectivity index (χ0) is 13.8. The van der Waals surface area contributed by atoms with Crippen LogP contribution in [0.2, 0.25) is 0 Å². The molecule has 0 bridgehead atoms. The van der Waals surface area contributed by atoms with Gasteiger partial charge in [-0.15, -0.1) is 0 Å². The van der Waals surface area contributed by atoms with Gasteiger partial charge >= 0.3 is 18.2 Å². The van der Waals surface area contributed by atoms with Crippen molar-refractivity contribution in [2.45, 2.75) is 25.4 Å². The molecule has 0 aromatic carbocycles. The molecule has 0 aromatic rings. The molecule has 0 aliphatic carbocycles. The van der Waals surface area contributed by atoms with Gasteiger partial charge in [-0.25, -0.2) is 4.79 Å². The van der Waals surface area contributed by atoms with Gasteiger partial charge in [-0.2, -0.15) is 13.2 Å². The quantitative estimate of drug-likeness (QED) is 0.741. The van der Waals surface area contributed by atoms with E-state index in [1.807, 2.05) is 0 Å². The van der Waals surface area contributed by atoms with E-state index in [4.69, 9.17) is 5.11 Å². The highest BCUT2D eigenvalue weighted by Gasteiger charge is 2.35. The average molecular weight is 268 g/mol. The summed E-state index contributed by atoms with van der Waals surface area (Å²) in [5, 5.41) is 11.0. The van der Waals surface area contributed by atoms with Crippen molar-refractivity contribution in [3.8, 4) is 0 Å². The van der Waals surface area contributed by atoms with Gasteiger partial charge in [-0.05, 0) is 12.8 Å². The summed E-state index contributed by atoms with van der Waals surface area (Å²) in [4.78, 5) is 23.2. The Morgan fingerprint density at radius 1 is 1.28 bits per heavy atom. The summed E-state index contributed by atoms with van der Waals surface area (Å²) >= 11 is 0. The molecule has 104 valence electrons. The van der Waals surface area contributed by atoms with Gasteiger partial charge in [0.05, 0.1) is 5.92 Å². The van der Waals surface area contributed by atoms with E-state index >= 15 is 0 Å². The molecule has 1 fully saturated rings. The zero-order valence-corrected chi connectivity index (χ0v) is 9.66. The number of amides is 2. The number of alkyl halides is 3. The number of likely N-dealkylation sites (tertiary alicyclic amines) is 1. The summed E-state index contributed by atoms with van der Waals surface area (Å²) < 4.78 is 35.4. The van der Waals surface area contributed by atoms with Gasteiger partial charge < -0.3 is 15.3 Å². The third-order valence-electron chi connectivity index (χ3n) is 2.68. The molecule has 1 heterocycles. The third kappa shape index (κ3) is 4.80. The van der Waals surface area contributed by atoms with Crippen LogP contribution in [-0.4, -0.2) is 47.8 Å². The number of halogens is 3. The summed E-state index contributed by atoms with van der Waals surface area (Å²) in [6.07, 6.45) is -4.78. The second-order valence-electron chi connectivity index (χ2n) is 4.24. The highest BCUT2D eigenvalue weighted by Crippen LogP contribution is 2.22. The number of unbranched alkanes of at least 4 members (excludes halogenated alkanes) is 1. The Kier molecular flexibility index (Phi) is 4.80. The summed E-state index contributed by atoms with van der Waals surface area (Å²) in [5.41, 5.74) is 0. The molecule has 1 rings (SSSR count). The number of carbonyl (C=O) groups is 2. The number of rotatable bonds is 5. The Morgan fingerprint density at radius 2 is 1.89 bits per heavy atom. The van der Waals surface area contributed by atoms with Crippen molar-refractivity contribution in [2.24, 2.45) is 5.92 Å². The normalized spacial score (nSPS) is 16.3. The molecule has 0 unspecified atom stereocenters. The minimum absolute atomic E-state index is 0.0263. The van der Waals surface area contributed by atoms with Gasteiger partial charge in [0, 0.05) is 26.1 Å². The zero-order valence-electron chi connectivity index (χ0n) is 9.66. The van der Waals surface area contributed by atoms with Crippen LogP contribution in [-0.2, 0) is 4.79 Å². The largest absolute Gasteiger partial charge is 0.481 e. The van der Waals surface area contributed by atoms with Crippen molar-refractivity contribution >= 4 is 12.0 Å². The Balaban J connectivity index is 2.04. The lowest BCUT2D eigenvalue weighted by atomic mass is 10.0. The van der Waals surface area contributed by atoms with Crippen molar-refractivity contribution < 1.29 is 27.9 Å². The van der Waals surface area contributed by atoms with Crippen LogP contribution < -0.4 is 5.32 Å². The van der Waals surface area contributed by atoms with Crippen LogP contribution >= 0.6 is 0 Å². The molecular formula is C10H15F3N2O3. The highest BCUT2D eigenvalue weighted by atomic mass is 19.4. The molecule has 2 amide bonds. The van der Waals surface area contributed by atoms with Crippen molar-refractivity contribution in [2.75, 3.05) is 19.6 Å². The number of carboxylic acids is 1. The SMILES string of the molecule is O=C(O)C1CN(C(=O)NCCCCC(F)(F)F)C1. The number of hydrogen-bond donors (Lipinski definition) is 2. The van der Waals surface area contributed by atoms with Crippen LogP contribution in [0.1, 0.15) is 19.3 Å². The molecule has 18 heavy (non-hydrogen) atoms. The molecule has 0 saturated carbocycles. The molecule has 1 aliphatic rings. The van der Waals surface area contributed by atoms with E-state index in [1.165, 1.54) is 4.90 Å². The Morgan fingerprint density at radius 3 is 2.39 bits per heavy atom. The maximum Gasteiger partial charge on any atom is 0.389 e. The fourth-order valence-corrected chi connectivity index (χ4v) is 1.56. The molecule has 0 aromatic heterocycles. The highest BCUT2D eigenvalue weighted by molar-refractivity contribution is 5.79. The lowest BCUT2D eigenvalue weighted by molar-refractivity contribution is -0.146. The Bertz CT molecular complexity index is 314. The van der Waals surface area contributed by atoms with E-state index in [-0.39, 0.29) is 32.5 Å². The number of aliphatic carboxylic acids is 1. The van der Waals surface area contributed by atoms with Crippen molar-refractivity contribution in [3.05, 3.63) is 0 Å². The lowest BCUT2D eigenvalue weighted by Gasteiger charge is -2.36. The monoisotopic (exact) mass is 268 g/mol. The van der Waals surface area contributed by atoms with Gasteiger partial charge in [-0.3, -0.25) is 4.79 Å². The smallest absolute Gasteiger partial charge is 0.389 e. The van der Waals surface area contributed by atoms with Gasteiger partial charge in [0.25, 0.3) is 0 Å². The molecule has 1 aliphatic heterocycles. The summed E-state index contributed by atoms with van der Waals surface area (Å²) in [6, 6.07) is -0.417. The average Bonchev–Trinajstić information content (AvgIpc) is 2.11. The number of carbonyl (C=O) groups excluding carboxylic acids is 1. The fraction of sp³-hybridized carbons (Fsp3) is 0.800. The third-order valence-corrected chi connectivity index (χ3v) is 2.68. The van der Waals surface area contributed by atoms with E-state index in [0.29, 0.717) is 0 Å². The summed E-state index contributed by atoms with van der Waals surface area (Å²) in [7, 11) is 0. The van der Waals surface area contributed by atoms with Gasteiger partial charge in [-0.1, -0.05) is 0 Å². The van der Waals surface area contributed by atoms with E-state index in [1.54, 1.807) is 0 Å². The molecule has 5 nitrogen and oxygen atoms in total. The van der Waals surface area contributed by atoms with Gasteiger partial charge in [0.1, 0.15) is 0 Å². The number of nitrogens with zero attached hydrogens (tertiary/aromatic N) is 1. The summed E-state index contributed by atoms with van der Waals surface area (Å²) in [5.74, 6) is -1.47. The minimum Gasteiger partial charge on any atom is -0.481 e. The van der Waals surface area contributed by atoms with E-state index in [9.17, 15) is 22.8 Å². The maximum atomic E-state index is 11.8. The molecule has 0 atom stereocenters. The number of carboxylic acid groups (broad SMARTS) is 1. The van der Waals surface area contributed by atoms with Crippen LogP contribution in [0.3, 0.4) is 0 Å². The van der Waals surface area contributed by atoms with Crippen LogP contribution in [0.15, 0.2) is 0 Å². The van der Waals surface area contributed by atoms with Crippen molar-refractivity contribution in [1.29, 1.82) is 0 Å². The second-order valence-corrected chi connectivity index (χ2v) is 4.24. The minimum atomic E-state index is -4.16. The van der Waals surface area contributed by atoms with Crippen LogP contribution in [0, 0.1) is 5.92 Å². The fourth-order valence-electron chi connectivity index (χ4n) is 1.56. The maximum absolute atomic E-state index is 11.8. The number of nitrogens with one attached hydrogen (secondary N) is 1. The van der Waals surface area contributed by atoms with E-state index in [0.717, 1.165) is 0 Å². The molecular weight excluding hydrogens is 253 g/mol. The van der Waals surface area contributed by atoms with Crippen molar-refractivity contribution in [1.82, 2.24) is 10.2 Å². The standard InChI is InChI=1S/C10H15F3N2O3/c11-10(12,13)3-1-2-4-14-9(18)15-5-7(6-15)8(16)17/h7H,1-6H2,(H,14,18)(H,16,17). The second kappa shape index (κ2) is 5.92. The van der Waals surface area contributed by atoms with Crippen LogP contribution in [0.4, 0.5) is 18.0 Å². The van der Waals surface area contributed by atoms with Crippen molar-refractivity contribution in [3.63, 3.8) is 0 Å². The topological polar surface area (TPSA) is 69.6 Å². The molecule has 2 N–H and O–H groups in total.